The van der Waals surface area contributed by atoms with E-state index in [4.69, 9.17) is 17.3 Å². The highest BCUT2D eigenvalue weighted by Crippen LogP contribution is 2.23. The molecule has 0 atom stereocenters. The quantitative estimate of drug-likeness (QED) is 0.837. The van der Waals surface area contributed by atoms with Gasteiger partial charge in [-0.3, -0.25) is 4.79 Å². The maximum Gasteiger partial charge on any atom is 0.238 e. The van der Waals surface area contributed by atoms with E-state index in [0.717, 1.165) is 0 Å². The van der Waals surface area contributed by atoms with Gasteiger partial charge in [-0.2, -0.15) is 0 Å². The predicted octanol–water partition coefficient (Wildman–Crippen LogP) is 1.56. The summed E-state index contributed by atoms with van der Waals surface area (Å²) in [5.41, 5.74) is 5.69. The lowest BCUT2D eigenvalue weighted by Crippen LogP contribution is -2.35. The molecule has 5 nitrogen and oxygen atoms in total. The molecule has 1 aromatic carbocycles. The van der Waals surface area contributed by atoms with E-state index in [1.54, 1.807) is 13.8 Å². The Morgan fingerprint density at radius 3 is 2.37 bits per heavy atom. The van der Waals surface area contributed by atoms with Crippen LogP contribution in [0.2, 0.25) is 5.02 Å². The van der Waals surface area contributed by atoms with Crippen LogP contribution in [0.4, 0.5) is 5.69 Å². The van der Waals surface area contributed by atoms with Crippen LogP contribution in [0.5, 0.6) is 0 Å². The molecule has 0 aromatic heterocycles. The molecule has 0 aliphatic rings. The third-order valence-electron chi connectivity index (χ3n) is 2.74. The molecule has 0 heterocycles. The second kappa shape index (κ2) is 6.25. The summed E-state index contributed by atoms with van der Waals surface area (Å²) in [6.07, 6.45) is 0. The zero-order valence-corrected chi connectivity index (χ0v) is 12.5. The second-order valence-corrected chi connectivity index (χ2v) is 6.40. The van der Waals surface area contributed by atoms with Gasteiger partial charge in [0.05, 0.1) is 10.6 Å². The molecule has 2 N–H and O–H groups in total. The Hall–Kier alpha value is -1.27. The minimum Gasteiger partial charge on any atom is -0.398 e. The number of amides is 1. The fourth-order valence-corrected chi connectivity index (χ4v) is 3.25. The van der Waals surface area contributed by atoms with Crippen molar-refractivity contribution in [2.75, 3.05) is 24.6 Å². The van der Waals surface area contributed by atoms with Crippen molar-refractivity contribution in [1.82, 2.24) is 4.90 Å². The smallest absolute Gasteiger partial charge is 0.238 e. The Morgan fingerprint density at radius 2 is 1.89 bits per heavy atom. The molecule has 0 bridgehead atoms. The Kier molecular flexibility index (Phi) is 5.20. The molecule has 19 heavy (non-hydrogen) atoms. The molecule has 0 saturated carbocycles. The number of rotatable bonds is 5. The van der Waals surface area contributed by atoms with Crippen molar-refractivity contribution in [3.05, 3.63) is 23.2 Å². The van der Waals surface area contributed by atoms with Crippen molar-refractivity contribution in [3.8, 4) is 0 Å². The highest BCUT2D eigenvalue weighted by Gasteiger charge is 2.24. The first-order valence-corrected chi connectivity index (χ1v) is 7.90. The standard InChI is InChI=1S/C12H17ClN2O3S/c1-3-15(4-2)12(16)8-19(17,18)11-6-5-9(13)7-10(11)14/h5-7H,3-4,8,14H2,1-2H3. The van der Waals surface area contributed by atoms with Gasteiger partial charge in [-0.05, 0) is 32.0 Å². The topological polar surface area (TPSA) is 80.5 Å². The Balaban J connectivity index is 3.02. The molecule has 0 spiro atoms. The molecule has 1 rings (SSSR count). The zero-order chi connectivity index (χ0) is 14.6. The van der Waals surface area contributed by atoms with Crippen LogP contribution in [0.3, 0.4) is 0 Å². The first-order chi connectivity index (χ1) is 8.81. The lowest BCUT2D eigenvalue weighted by molar-refractivity contribution is -0.128. The molecule has 0 aliphatic heterocycles. The fraction of sp³-hybridized carbons (Fsp3) is 0.417. The van der Waals surface area contributed by atoms with E-state index in [9.17, 15) is 13.2 Å². The lowest BCUT2D eigenvalue weighted by Gasteiger charge is -2.18. The van der Waals surface area contributed by atoms with Crippen LogP contribution in [0.15, 0.2) is 23.1 Å². The number of benzene rings is 1. The van der Waals surface area contributed by atoms with Gasteiger partial charge >= 0.3 is 0 Å². The molecule has 0 saturated heterocycles. The number of carbonyl (C=O) groups is 1. The summed E-state index contributed by atoms with van der Waals surface area (Å²) in [6, 6.07) is 4.12. The van der Waals surface area contributed by atoms with E-state index in [2.05, 4.69) is 0 Å². The third-order valence-corrected chi connectivity index (χ3v) is 4.64. The van der Waals surface area contributed by atoms with Gasteiger partial charge in [-0.15, -0.1) is 0 Å². The summed E-state index contributed by atoms with van der Waals surface area (Å²) in [5.74, 6) is -1.01. The lowest BCUT2D eigenvalue weighted by atomic mass is 10.3. The van der Waals surface area contributed by atoms with Crippen molar-refractivity contribution < 1.29 is 13.2 Å². The number of nitrogens with two attached hydrogens (primary N) is 1. The van der Waals surface area contributed by atoms with E-state index < -0.39 is 21.5 Å². The van der Waals surface area contributed by atoms with Crippen LogP contribution in [0.25, 0.3) is 0 Å². The highest BCUT2D eigenvalue weighted by molar-refractivity contribution is 7.92. The maximum atomic E-state index is 12.1. The number of nitrogens with zero attached hydrogens (tertiary/aromatic N) is 1. The van der Waals surface area contributed by atoms with Gasteiger partial charge in [0.2, 0.25) is 5.91 Å². The van der Waals surface area contributed by atoms with Crippen LogP contribution in [-0.2, 0) is 14.6 Å². The van der Waals surface area contributed by atoms with Gasteiger partial charge < -0.3 is 10.6 Å². The summed E-state index contributed by atoms with van der Waals surface area (Å²) < 4.78 is 24.3. The zero-order valence-electron chi connectivity index (χ0n) is 10.9. The summed E-state index contributed by atoms with van der Waals surface area (Å²) in [5, 5.41) is 0.353. The van der Waals surface area contributed by atoms with Gasteiger partial charge in [0.1, 0.15) is 5.75 Å². The van der Waals surface area contributed by atoms with Gasteiger partial charge in [0.25, 0.3) is 0 Å². The van der Waals surface area contributed by atoms with Crippen LogP contribution in [0.1, 0.15) is 13.8 Å². The van der Waals surface area contributed by atoms with E-state index in [-0.39, 0.29) is 10.6 Å². The average Bonchev–Trinajstić information content (AvgIpc) is 2.29. The first-order valence-electron chi connectivity index (χ1n) is 5.87. The Morgan fingerprint density at radius 1 is 1.32 bits per heavy atom. The highest BCUT2D eigenvalue weighted by atomic mass is 35.5. The van der Waals surface area contributed by atoms with Crippen LogP contribution >= 0.6 is 11.6 Å². The number of halogens is 1. The summed E-state index contributed by atoms with van der Waals surface area (Å²) in [6.45, 7) is 4.54. The van der Waals surface area contributed by atoms with Crippen molar-refractivity contribution in [2.24, 2.45) is 0 Å². The number of nitrogen functional groups attached to an aromatic ring is 1. The molecule has 1 amide bonds. The third kappa shape index (κ3) is 3.84. The molecular formula is C12H17ClN2O3S. The van der Waals surface area contributed by atoms with Gasteiger partial charge in [0.15, 0.2) is 9.84 Å². The monoisotopic (exact) mass is 304 g/mol. The van der Waals surface area contributed by atoms with Crippen molar-refractivity contribution in [3.63, 3.8) is 0 Å². The number of hydrogen-bond acceptors (Lipinski definition) is 4. The van der Waals surface area contributed by atoms with Crippen molar-refractivity contribution in [2.45, 2.75) is 18.7 Å². The second-order valence-electron chi connectivity index (χ2n) is 4.01. The number of carbonyl (C=O) groups excluding carboxylic acids is 1. The van der Waals surface area contributed by atoms with Crippen LogP contribution in [-0.4, -0.2) is 38.1 Å². The molecular weight excluding hydrogens is 288 g/mol. The largest absolute Gasteiger partial charge is 0.398 e. The minimum absolute atomic E-state index is 0.0554. The van der Waals surface area contributed by atoms with Crippen LogP contribution in [0, 0.1) is 0 Å². The van der Waals surface area contributed by atoms with E-state index >= 15 is 0 Å². The van der Waals surface area contributed by atoms with E-state index in [0.29, 0.717) is 18.1 Å². The molecule has 0 fully saturated rings. The average molecular weight is 305 g/mol. The van der Waals surface area contributed by atoms with Crippen LogP contribution < -0.4 is 5.73 Å². The van der Waals surface area contributed by atoms with Gasteiger partial charge in [0, 0.05) is 18.1 Å². The molecule has 106 valence electrons. The molecule has 0 unspecified atom stereocenters. The SMILES string of the molecule is CCN(CC)C(=O)CS(=O)(=O)c1ccc(Cl)cc1N. The molecule has 1 aromatic rings. The Bertz CT molecular complexity index is 568. The summed E-state index contributed by atoms with van der Waals surface area (Å²) in [4.78, 5) is 13.3. The van der Waals surface area contributed by atoms with Gasteiger partial charge in [-0.1, -0.05) is 11.6 Å². The molecule has 0 radical (unpaired) electrons. The van der Waals surface area contributed by atoms with E-state index in [1.807, 2.05) is 0 Å². The number of anilines is 1. The molecule has 0 aliphatic carbocycles. The normalized spacial score (nSPS) is 11.3. The van der Waals surface area contributed by atoms with E-state index in [1.165, 1.54) is 23.1 Å². The van der Waals surface area contributed by atoms with Crippen molar-refractivity contribution in [1.29, 1.82) is 0 Å². The van der Waals surface area contributed by atoms with Crippen molar-refractivity contribution >= 4 is 33.0 Å². The Labute approximate surface area is 118 Å². The molecule has 7 heteroatoms. The minimum atomic E-state index is -3.75. The predicted molar refractivity (Wildman–Crippen MR) is 75.8 cm³/mol. The first kappa shape index (κ1) is 15.8. The summed E-state index contributed by atoms with van der Waals surface area (Å²) >= 11 is 5.72. The number of sulfone groups is 1. The maximum absolute atomic E-state index is 12.1. The summed E-state index contributed by atoms with van der Waals surface area (Å²) in [7, 11) is -3.75. The van der Waals surface area contributed by atoms with Gasteiger partial charge in [-0.25, -0.2) is 8.42 Å². The number of hydrogen-bond donors (Lipinski definition) is 1. The fourth-order valence-electron chi connectivity index (χ4n) is 1.71.